The minimum Gasteiger partial charge on any atom is -0.481 e. The minimum absolute atomic E-state index is 0.145. The number of benzene rings is 3. The molecule has 3 aliphatic carbocycles. The van der Waals surface area contributed by atoms with Crippen LogP contribution in [0.15, 0.2) is 72.8 Å². The number of hydrogen-bond donors (Lipinski definition) is 2. The van der Waals surface area contributed by atoms with Gasteiger partial charge >= 0.3 is 5.97 Å². The second-order valence-electron chi connectivity index (χ2n) is 7.90. The molecular weight excluding hydrogens is 396 g/mol. The van der Waals surface area contributed by atoms with Crippen LogP contribution in [0.4, 0.5) is 11.4 Å². The average Bonchev–Trinajstić information content (AvgIpc) is 2.78. The first-order chi connectivity index (χ1) is 15.0. The molecule has 0 aromatic heterocycles. The van der Waals surface area contributed by atoms with Crippen molar-refractivity contribution >= 4 is 23.3 Å². The van der Waals surface area contributed by atoms with Gasteiger partial charge in [-0.15, -0.1) is 0 Å². The molecule has 3 aromatic carbocycles. The maximum Gasteiger partial charge on any atom is 0.308 e. The van der Waals surface area contributed by atoms with E-state index >= 15 is 0 Å². The van der Waals surface area contributed by atoms with E-state index in [4.69, 9.17) is 0 Å². The Bertz CT molecular complexity index is 1190. The van der Waals surface area contributed by atoms with Crippen LogP contribution in [0.25, 0.3) is 0 Å². The number of non-ortho nitro benzene ring substituents is 1. The van der Waals surface area contributed by atoms with Gasteiger partial charge in [0.2, 0.25) is 5.91 Å². The number of nitrogens with one attached hydrogen (secondary N) is 1. The van der Waals surface area contributed by atoms with Crippen LogP contribution in [-0.2, 0) is 9.59 Å². The second kappa shape index (κ2) is 7.05. The first-order valence-corrected chi connectivity index (χ1v) is 9.93. The Balaban J connectivity index is 1.61. The van der Waals surface area contributed by atoms with Gasteiger partial charge in [-0.05, 0) is 28.3 Å². The fourth-order valence-electron chi connectivity index (χ4n) is 5.21. The molecule has 2 N–H and O–H groups in total. The van der Waals surface area contributed by atoms with E-state index in [1.807, 2.05) is 48.5 Å². The maximum atomic E-state index is 13.4. The number of nitro groups is 1. The quantitative estimate of drug-likeness (QED) is 0.493. The lowest BCUT2D eigenvalue weighted by atomic mass is 9.54. The lowest BCUT2D eigenvalue weighted by Crippen LogP contribution is -2.48. The van der Waals surface area contributed by atoms with Gasteiger partial charge in [-0.1, -0.05) is 54.6 Å². The predicted molar refractivity (Wildman–Crippen MR) is 113 cm³/mol. The van der Waals surface area contributed by atoms with E-state index < -0.39 is 40.5 Å². The topological polar surface area (TPSA) is 110 Å². The van der Waals surface area contributed by atoms with Gasteiger partial charge in [0.25, 0.3) is 5.69 Å². The SMILES string of the molecule is O=C(Nc1cccc([N+](=O)[O-])c1)[C@@H]1C2c3ccccc3C(c3ccccc32)[C@@H]1C(=O)O. The van der Waals surface area contributed by atoms with Crippen molar-refractivity contribution in [3.8, 4) is 0 Å². The number of nitro benzene ring substituents is 1. The molecule has 1 amide bonds. The summed E-state index contributed by atoms with van der Waals surface area (Å²) in [5.41, 5.74) is 3.93. The van der Waals surface area contributed by atoms with Gasteiger partial charge < -0.3 is 10.4 Å². The number of hydrogen-bond acceptors (Lipinski definition) is 4. The zero-order valence-corrected chi connectivity index (χ0v) is 16.3. The molecule has 0 fully saturated rings. The number of aliphatic carboxylic acids is 1. The Hall–Kier alpha value is -4.00. The van der Waals surface area contributed by atoms with Crippen LogP contribution in [0.3, 0.4) is 0 Å². The van der Waals surface area contributed by atoms with Crippen molar-refractivity contribution in [2.45, 2.75) is 11.8 Å². The van der Waals surface area contributed by atoms with Crippen LogP contribution < -0.4 is 5.32 Å². The number of carbonyl (C=O) groups is 2. The van der Waals surface area contributed by atoms with E-state index in [-0.39, 0.29) is 11.4 Å². The van der Waals surface area contributed by atoms with E-state index in [9.17, 15) is 24.8 Å². The van der Waals surface area contributed by atoms with Crippen LogP contribution in [0, 0.1) is 22.0 Å². The third kappa shape index (κ3) is 2.89. The largest absolute Gasteiger partial charge is 0.481 e. The van der Waals surface area contributed by atoms with Crippen LogP contribution >= 0.6 is 0 Å². The van der Waals surface area contributed by atoms with Gasteiger partial charge in [-0.25, -0.2) is 0 Å². The van der Waals surface area contributed by atoms with Gasteiger partial charge in [-0.3, -0.25) is 19.7 Å². The van der Waals surface area contributed by atoms with E-state index in [0.717, 1.165) is 22.3 Å². The molecule has 0 radical (unpaired) electrons. The Morgan fingerprint density at radius 2 is 1.32 bits per heavy atom. The number of carboxylic acids is 1. The summed E-state index contributed by atoms with van der Waals surface area (Å²) in [5.74, 6) is -4.10. The van der Waals surface area contributed by atoms with Gasteiger partial charge in [0.1, 0.15) is 0 Å². The third-order valence-corrected chi connectivity index (χ3v) is 6.35. The smallest absolute Gasteiger partial charge is 0.308 e. The molecule has 0 saturated heterocycles. The van der Waals surface area contributed by atoms with Crippen LogP contribution in [-0.4, -0.2) is 21.9 Å². The molecular formula is C24H18N2O5. The van der Waals surface area contributed by atoms with Gasteiger partial charge in [-0.2, -0.15) is 0 Å². The lowest BCUT2D eigenvalue weighted by Gasteiger charge is -2.48. The van der Waals surface area contributed by atoms with E-state index in [0.29, 0.717) is 0 Å². The number of nitrogens with zero attached hydrogens (tertiary/aromatic N) is 1. The predicted octanol–water partition coefficient (Wildman–Crippen LogP) is 4.14. The van der Waals surface area contributed by atoms with Gasteiger partial charge in [0, 0.05) is 29.7 Å². The van der Waals surface area contributed by atoms with Crippen molar-refractivity contribution in [2.24, 2.45) is 11.8 Å². The van der Waals surface area contributed by atoms with Crippen molar-refractivity contribution in [1.82, 2.24) is 0 Å². The molecule has 7 nitrogen and oxygen atoms in total. The van der Waals surface area contributed by atoms with E-state index in [1.54, 1.807) is 6.07 Å². The Labute approximate surface area is 177 Å². The monoisotopic (exact) mass is 414 g/mol. The Morgan fingerprint density at radius 1 is 0.806 bits per heavy atom. The summed E-state index contributed by atoms with van der Waals surface area (Å²) in [6.45, 7) is 0. The number of rotatable bonds is 4. The molecule has 0 spiro atoms. The molecule has 2 atom stereocenters. The number of carboxylic acid groups (broad SMARTS) is 1. The molecule has 0 aliphatic heterocycles. The molecule has 2 bridgehead atoms. The minimum atomic E-state index is -1.03. The molecule has 6 rings (SSSR count). The molecule has 154 valence electrons. The summed E-state index contributed by atoms with van der Waals surface area (Å²) in [4.78, 5) is 36.4. The molecule has 7 heteroatoms. The van der Waals surface area contributed by atoms with Crippen LogP contribution in [0.2, 0.25) is 0 Å². The highest BCUT2D eigenvalue weighted by Gasteiger charge is 2.55. The number of amides is 1. The Kier molecular flexibility index (Phi) is 4.32. The summed E-state index contributed by atoms with van der Waals surface area (Å²) in [5, 5.41) is 24.0. The average molecular weight is 414 g/mol. The van der Waals surface area contributed by atoms with Crippen molar-refractivity contribution in [2.75, 3.05) is 5.32 Å². The summed E-state index contributed by atoms with van der Waals surface area (Å²) < 4.78 is 0. The summed E-state index contributed by atoms with van der Waals surface area (Å²) in [7, 11) is 0. The molecule has 3 aromatic rings. The van der Waals surface area contributed by atoms with Crippen LogP contribution in [0.5, 0.6) is 0 Å². The highest BCUT2D eigenvalue weighted by Crippen LogP contribution is 2.58. The third-order valence-electron chi connectivity index (χ3n) is 6.35. The lowest BCUT2D eigenvalue weighted by molar-refractivity contribution is -0.384. The first kappa shape index (κ1) is 19.0. The normalized spacial score (nSPS) is 22.8. The fraction of sp³-hybridized carbons (Fsp3) is 0.167. The molecule has 0 saturated carbocycles. The van der Waals surface area contributed by atoms with E-state index in [1.165, 1.54) is 18.2 Å². The van der Waals surface area contributed by atoms with Gasteiger partial charge in [0.15, 0.2) is 0 Å². The molecule has 3 aliphatic rings. The first-order valence-electron chi connectivity index (χ1n) is 9.93. The van der Waals surface area contributed by atoms with Crippen molar-refractivity contribution < 1.29 is 19.6 Å². The van der Waals surface area contributed by atoms with Crippen molar-refractivity contribution in [1.29, 1.82) is 0 Å². The van der Waals surface area contributed by atoms with Crippen LogP contribution in [0.1, 0.15) is 34.1 Å². The second-order valence-corrected chi connectivity index (χ2v) is 7.90. The molecule has 0 unspecified atom stereocenters. The number of anilines is 1. The highest BCUT2D eigenvalue weighted by molar-refractivity contribution is 5.98. The maximum absolute atomic E-state index is 13.4. The zero-order chi connectivity index (χ0) is 21.7. The summed E-state index contributed by atoms with van der Waals surface area (Å²) in [6, 6.07) is 21.0. The molecule has 31 heavy (non-hydrogen) atoms. The molecule has 0 heterocycles. The van der Waals surface area contributed by atoms with Crippen molar-refractivity contribution in [3.05, 3.63) is 105 Å². The standard InChI is InChI=1S/C24H18N2O5/c27-23(25-13-6-5-7-14(12-13)26(30)31)21-19-15-8-1-3-10-17(15)20(22(21)24(28)29)18-11-4-2-9-16(18)19/h1-12,19-22H,(H,25,27)(H,28,29)/t19?,20?,21-,22+/m1/s1. The summed E-state index contributed by atoms with van der Waals surface area (Å²) in [6.07, 6.45) is 0. The number of fused-ring (bicyclic) bond motifs is 1. The highest BCUT2D eigenvalue weighted by atomic mass is 16.6. The van der Waals surface area contributed by atoms with Crippen molar-refractivity contribution in [3.63, 3.8) is 0 Å². The van der Waals surface area contributed by atoms with E-state index in [2.05, 4.69) is 5.32 Å². The van der Waals surface area contributed by atoms with Gasteiger partial charge in [0.05, 0.1) is 16.8 Å². The number of carbonyl (C=O) groups excluding carboxylic acids is 1. The zero-order valence-electron chi connectivity index (χ0n) is 16.3. The fourth-order valence-corrected chi connectivity index (χ4v) is 5.21. The summed E-state index contributed by atoms with van der Waals surface area (Å²) >= 11 is 0. The Morgan fingerprint density at radius 3 is 1.81 bits per heavy atom.